The van der Waals surface area contributed by atoms with Crippen molar-refractivity contribution >= 4 is 54.5 Å². The van der Waals surface area contributed by atoms with Crippen LogP contribution in [-0.4, -0.2) is 10.3 Å². The molecule has 0 unspecified atom stereocenters. The highest BCUT2D eigenvalue weighted by atomic mass is 79.9. The lowest BCUT2D eigenvalue weighted by Crippen LogP contribution is -1.81. The Morgan fingerprint density at radius 3 is 2.77 bits per heavy atom. The second kappa shape index (κ2) is 5.08. The molecule has 0 fully saturated rings. The van der Waals surface area contributed by atoms with Gasteiger partial charge < -0.3 is 0 Å². The summed E-state index contributed by atoms with van der Waals surface area (Å²) < 4.78 is 1.29. The Hall–Kier alpha value is 0.0700. The van der Waals surface area contributed by atoms with Crippen LogP contribution in [0.2, 0.25) is 0 Å². The minimum atomic E-state index is 0. The van der Waals surface area contributed by atoms with Crippen LogP contribution < -0.4 is 0 Å². The Bertz CT molecular complexity index is 353. The number of thiazole rings is 1. The summed E-state index contributed by atoms with van der Waals surface area (Å²) in [7, 11) is 0. The number of para-hydroxylation sites is 1. The number of benzene rings is 1. The van der Waals surface area contributed by atoms with Crippen molar-refractivity contribution in [2.75, 3.05) is 5.33 Å². The number of fused-ring (bicyclic) bond motifs is 1. The van der Waals surface area contributed by atoms with Crippen LogP contribution in [0.25, 0.3) is 10.2 Å². The van der Waals surface area contributed by atoms with Gasteiger partial charge in [-0.15, -0.1) is 28.3 Å². The minimum Gasteiger partial charge on any atom is -0.241 e. The van der Waals surface area contributed by atoms with Gasteiger partial charge in [0.2, 0.25) is 0 Å². The number of rotatable bonds is 2. The molecule has 1 heterocycles. The van der Waals surface area contributed by atoms with E-state index < -0.39 is 0 Å². The SMILES string of the molecule is Br.BrCCc1nc2ccccc2s1. The molecule has 0 aliphatic rings. The zero-order chi connectivity index (χ0) is 8.39. The summed E-state index contributed by atoms with van der Waals surface area (Å²) in [6, 6.07) is 8.26. The second-order valence-electron chi connectivity index (χ2n) is 2.51. The van der Waals surface area contributed by atoms with Crippen molar-refractivity contribution in [3.05, 3.63) is 29.3 Å². The molecule has 0 N–H and O–H groups in total. The fourth-order valence-corrected chi connectivity index (χ4v) is 2.71. The van der Waals surface area contributed by atoms with E-state index in [1.165, 1.54) is 9.71 Å². The van der Waals surface area contributed by atoms with Gasteiger partial charge in [0, 0.05) is 11.8 Å². The average Bonchev–Trinajstić information content (AvgIpc) is 2.47. The van der Waals surface area contributed by atoms with Gasteiger partial charge >= 0.3 is 0 Å². The predicted octanol–water partition coefficient (Wildman–Crippen LogP) is 3.81. The molecule has 4 heteroatoms. The van der Waals surface area contributed by atoms with Crippen molar-refractivity contribution in [2.45, 2.75) is 6.42 Å². The Kier molecular flexibility index (Phi) is 4.35. The van der Waals surface area contributed by atoms with Crippen molar-refractivity contribution in [3.63, 3.8) is 0 Å². The molecule has 0 atom stereocenters. The number of hydrogen-bond donors (Lipinski definition) is 0. The van der Waals surface area contributed by atoms with E-state index in [1.54, 1.807) is 11.3 Å². The minimum absolute atomic E-state index is 0. The summed E-state index contributed by atoms with van der Waals surface area (Å²) in [4.78, 5) is 4.49. The second-order valence-corrected chi connectivity index (χ2v) is 4.42. The van der Waals surface area contributed by atoms with E-state index in [4.69, 9.17) is 0 Å². The van der Waals surface area contributed by atoms with Gasteiger partial charge in [0.05, 0.1) is 15.2 Å². The summed E-state index contributed by atoms with van der Waals surface area (Å²) in [6.07, 6.45) is 1.03. The molecule has 0 saturated heterocycles. The average molecular weight is 323 g/mol. The molecule has 0 aliphatic carbocycles. The van der Waals surface area contributed by atoms with E-state index in [-0.39, 0.29) is 17.0 Å². The van der Waals surface area contributed by atoms with Crippen molar-refractivity contribution < 1.29 is 0 Å². The Morgan fingerprint density at radius 2 is 2.08 bits per heavy atom. The lowest BCUT2D eigenvalue weighted by Gasteiger charge is -1.83. The molecule has 0 aliphatic heterocycles. The topological polar surface area (TPSA) is 12.9 Å². The molecule has 0 radical (unpaired) electrons. The molecule has 13 heavy (non-hydrogen) atoms. The summed E-state index contributed by atoms with van der Waals surface area (Å²) >= 11 is 5.19. The molecular weight excluding hydrogens is 314 g/mol. The molecule has 0 saturated carbocycles. The maximum Gasteiger partial charge on any atom is 0.0946 e. The van der Waals surface area contributed by atoms with Crippen molar-refractivity contribution in [1.29, 1.82) is 0 Å². The highest BCUT2D eigenvalue weighted by molar-refractivity contribution is 9.09. The zero-order valence-corrected chi connectivity index (χ0v) is 11.0. The Labute approximate surface area is 100 Å². The van der Waals surface area contributed by atoms with Gasteiger partial charge in [0.25, 0.3) is 0 Å². The van der Waals surface area contributed by atoms with Crippen LogP contribution in [0.4, 0.5) is 0 Å². The largest absolute Gasteiger partial charge is 0.241 e. The standard InChI is InChI=1S/C9H8BrNS.BrH/c10-6-5-9-11-7-3-1-2-4-8(7)12-9;/h1-4H,5-6H2;1H. The fourth-order valence-electron chi connectivity index (χ4n) is 1.11. The molecule has 1 aromatic carbocycles. The molecule has 70 valence electrons. The summed E-state index contributed by atoms with van der Waals surface area (Å²) in [5, 5.41) is 2.21. The number of halogens is 2. The van der Waals surface area contributed by atoms with Gasteiger partial charge in [-0.05, 0) is 12.1 Å². The maximum absolute atomic E-state index is 4.49. The molecule has 1 aromatic heterocycles. The Morgan fingerprint density at radius 1 is 1.31 bits per heavy atom. The molecule has 0 bridgehead atoms. The van der Waals surface area contributed by atoms with E-state index >= 15 is 0 Å². The lowest BCUT2D eigenvalue weighted by atomic mass is 10.3. The first-order valence-corrected chi connectivity index (χ1v) is 5.74. The van der Waals surface area contributed by atoms with Crippen LogP contribution in [0.3, 0.4) is 0 Å². The molecule has 2 aromatic rings. The summed E-state index contributed by atoms with van der Waals surface area (Å²) in [6.45, 7) is 0. The van der Waals surface area contributed by atoms with Gasteiger partial charge in [-0.1, -0.05) is 28.1 Å². The maximum atomic E-state index is 4.49. The highest BCUT2D eigenvalue weighted by Gasteiger charge is 2.00. The monoisotopic (exact) mass is 321 g/mol. The Balaban J connectivity index is 0.000000845. The number of aromatic nitrogens is 1. The van der Waals surface area contributed by atoms with Crippen molar-refractivity contribution in [3.8, 4) is 0 Å². The number of aryl methyl sites for hydroxylation is 1. The number of alkyl halides is 1. The van der Waals surface area contributed by atoms with Crippen LogP contribution in [0.1, 0.15) is 5.01 Å². The quantitative estimate of drug-likeness (QED) is 0.766. The van der Waals surface area contributed by atoms with Crippen LogP contribution in [0.5, 0.6) is 0 Å². The highest BCUT2D eigenvalue weighted by Crippen LogP contribution is 2.21. The van der Waals surface area contributed by atoms with E-state index in [9.17, 15) is 0 Å². The molecule has 0 spiro atoms. The third-order valence-electron chi connectivity index (χ3n) is 1.65. The van der Waals surface area contributed by atoms with Crippen LogP contribution in [0.15, 0.2) is 24.3 Å². The third-order valence-corrected chi connectivity index (χ3v) is 3.14. The molecule has 1 nitrogen and oxygen atoms in total. The van der Waals surface area contributed by atoms with Crippen LogP contribution >= 0.6 is 44.2 Å². The van der Waals surface area contributed by atoms with E-state index in [1.807, 2.05) is 6.07 Å². The normalized spacial score (nSPS) is 9.92. The van der Waals surface area contributed by atoms with Gasteiger partial charge in [-0.25, -0.2) is 4.98 Å². The molecule has 2 rings (SSSR count). The van der Waals surface area contributed by atoms with Crippen molar-refractivity contribution in [1.82, 2.24) is 4.98 Å². The molecule has 0 amide bonds. The van der Waals surface area contributed by atoms with Gasteiger partial charge in [0.15, 0.2) is 0 Å². The predicted molar refractivity (Wildman–Crippen MR) is 67.4 cm³/mol. The summed E-state index contributed by atoms with van der Waals surface area (Å²) in [5.41, 5.74) is 1.12. The zero-order valence-electron chi connectivity index (χ0n) is 6.87. The third kappa shape index (κ3) is 2.51. The number of hydrogen-bond acceptors (Lipinski definition) is 2. The fraction of sp³-hybridized carbons (Fsp3) is 0.222. The van der Waals surface area contributed by atoms with Crippen LogP contribution in [-0.2, 0) is 6.42 Å². The van der Waals surface area contributed by atoms with Crippen molar-refractivity contribution in [2.24, 2.45) is 0 Å². The smallest absolute Gasteiger partial charge is 0.0946 e. The van der Waals surface area contributed by atoms with Crippen LogP contribution in [0, 0.1) is 0 Å². The molecular formula is C9H9Br2NS. The number of nitrogens with zero attached hydrogens (tertiary/aromatic N) is 1. The first kappa shape index (κ1) is 11.1. The first-order chi connectivity index (χ1) is 5.90. The van der Waals surface area contributed by atoms with Gasteiger partial charge in [-0.3, -0.25) is 0 Å². The van der Waals surface area contributed by atoms with Gasteiger partial charge in [0.1, 0.15) is 0 Å². The van der Waals surface area contributed by atoms with E-state index in [0.29, 0.717) is 0 Å². The first-order valence-electron chi connectivity index (χ1n) is 3.80. The lowest BCUT2D eigenvalue weighted by molar-refractivity contribution is 1.13. The van der Waals surface area contributed by atoms with E-state index in [2.05, 4.69) is 39.1 Å². The summed E-state index contributed by atoms with van der Waals surface area (Å²) in [5.74, 6) is 0. The van der Waals surface area contributed by atoms with E-state index in [0.717, 1.165) is 17.3 Å². The van der Waals surface area contributed by atoms with Gasteiger partial charge in [-0.2, -0.15) is 0 Å².